The minimum atomic E-state index is -1.23. The van der Waals surface area contributed by atoms with Crippen molar-refractivity contribution in [1.82, 2.24) is 0 Å². The molecule has 0 saturated heterocycles. The molecule has 0 amide bonds. The van der Waals surface area contributed by atoms with Crippen molar-refractivity contribution in [3.05, 3.63) is 27.8 Å². The van der Waals surface area contributed by atoms with Gasteiger partial charge in [0.25, 0.3) is 0 Å². The second-order valence-corrected chi connectivity index (χ2v) is 4.69. The molecule has 110 valence electrons. The number of aromatic carboxylic acids is 1. The maximum absolute atomic E-state index is 11.2. The SMILES string of the molecule is CC(C)Oc1c(C(=O)O)ccc([N+](=O)[O-])c1OC(C)C. The molecule has 0 bridgehead atoms. The second-order valence-electron chi connectivity index (χ2n) is 4.69. The Labute approximate surface area is 116 Å². The van der Waals surface area contributed by atoms with Crippen molar-refractivity contribution in [3.8, 4) is 11.5 Å². The molecule has 0 unspecified atom stereocenters. The van der Waals surface area contributed by atoms with Gasteiger partial charge in [-0.05, 0) is 33.8 Å². The summed E-state index contributed by atoms with van der Waals surface area (Å²) in [5.74, 6) is -1.50. The maximum atomic E-state index is 11.2. The molecular formula is C13H17NO6. The first-order valence-corrected chi connectivity index (χ1v) is 6.12. The van der Waals surface area contributed by atoms with E-state index in [1.807, 2.05) is 0 Å². The fourth-order valence-corrected chi connectivity index (χ4v) is 1.57. The van der Waals surface area contributed by atoms with Gasteiger partial charge in [0, 0.05) is 6.07 Å². The zero-order chi connectivity index (χ0) is 15.4. The molecule has 0 radical (unpaired) electrons. The molecule has 20 heavy (non-hydrogen) atoms. The molecule has 0 atom stereocenters. The standard InChI is InChI=1S/C13H17NO6/c1-7(2)19-11-9(13(15)16)5-6-10(14(17)18)12(11)20-8(3)4/h5-8H,1-4H3,(H,15,16). The lowest BCUT2D eigenvalue weighted by atomic mass is 10.1. The molecule has 0 aromatic heterocycles. The molecule has 0 heterocycles. The Balaban J connectivity index is 3.53. The number of ether oxygens (including phenoxy) is 2. The van der Waals surface area contributed by atoms with Gasteiger partial charge in [0.15, 0.2) is 5.75 Å². The van der Waals surface area contributed by atoms with E-state index in [-0.39, 0.29) is 35.0 Å². The zero-order valence-electron chi connectivity index (χ0n) is 11.7. The molecule has 7 heteroatoms. The lowest BCUT2D eigenvalue weighted by Crippen LogP contribution is -2.15. The van der Waals surface area contributed by atoms with Gasteiger partial charge in [0.1, 0.15) is 5.56 Å². The van der Waals surface area contributed by atoms with E-state index in [9.17, 15) is 14.9 Å². The Hall–Kier alpha value is -2.31. The Morgan fingerprint density at radius 3 is 2.05 bits per heavy atom. The van der Waals surface area contributed by atoms with Gasteiger partial charge in [0.2, 0.25) is 5.75 Å². The number of nitro benzene ring substituents is 1. The highest BCUT2D eigenvalue weighted by atomic mass is 16.6. The Bertz CT molecular complexity index is 477. The minimum Gasteiger partial charge on any atom is -0.486 e. The van der Waals surface area contributed by atoms with E-state index in [4.69, 9.17) is 14.6 Å². The molecular weight excluding hydrogens is 266 g/mol. The molecule has 0 saturated carbocycles. The van der Waals surface area contributed by atoms with Crippen molar-refractivity contribution in [3.63, 3.8) is 0 Å². The van der Waals surface area contributed by atoms with Crippen molar-refractivity contribution in [2.45, 2.75) is 39.9 Å². The summed E-state index contributed by atoms with van der Waals surface area (Å²) in [5.41, 5.74) is -0.487. The molecule has 0 aliphatic heterocycles. The lowest BCUT2D eigenvalue weighted by Gasteiger charge is -2.18. The monoisotopic (exact) mass is 283 g/mol. The minimum absolute atomic E-state index is 0.115. The van der Waals surface area contributed by atoms with Crippen molar-refractivity contribution in [1.29, 1.82) is 0 Å². The quantitative estimate of drug-likeness (QED) is 0.636. The number of rotatable bonds is 6. The molecule has 1 aromatic rings. The van der Waals surface area contributed by atoms with Crippen LogP contribution in [0.5, 0.6) is 11.5 Å². The number of carbonyl (C=O) groups is 1. The topological polar surface area (TPSA) is 98.9 Å². The average Bonchev–Trinajstić information content (AvgIpc) is 2.28. The molecule has 0 aliphatic carbocycles. The van der Waals surface area contributed by atoms with Crippen LogP contribution >= 0.6 is 0 Å². The van der Waals surface area contributed by atoms with Gasteiger partial charge >= 0.3 is 11.7 Å². The van der Waals surface area contributed by atoms with Gasteiger partial charge in [-0.25, -0.2) is 4.79 Å². The van der Waals surface area contributed by atoms with Crippen molar-refractivity contribution < 1.29 is 24.3 Å². The highest BCUT2D eigenvalue weighted by Crippen LogP contribution is 2.41. The van der Waals surface area contributed by atoms with E-state index in [0.717, 1.165) is 12.1 Å². The van der Waals surface area contributed by atoms with Crippen molar-refractivity contribution in [2.75, 3.05) is 0 Å². The van der Waals surface area contributed by atoms with Gasteiger partial charge in [-0.1, -0.05) is 0 Å². The number of carboxylic acid groups (broad SMARTS) is 1. The van der Waals surface area contributed by atoms with Crippen LogP contribution in [0.2, 0.25) is 0 Å². The van der Waals surface area contributed by atoms with E-state index in [1.54, 1.807) is 27.7 Å². The van der Waals surface area contributed by atoms with Crippen LogP contribution in [0.1, 0.15) is 38.1 Å². The van der Waals surface area contributed by atoms with E-state index in [2.05, 4.69) is 0 Å². The number of benzene rings is 1. The Kier molecular flexibility index (Phi) is 4.90. The molecule has 0 spiro atoms. The summed E-state index contributed by atoms with van der Waals surface area (Å²) in [6.45, 7) is 6.78. The van der Waals surface area contributed by atoms with E-state index >= 15 is 0 Å². The Morgan fingerprint density at radius 1 is 1.15 bits per heavy atom. The number of hydrogen-bond acceptors (Lipinski definition) is 5. The number of carboxylic acids is 1. The van der Waals surface area contributed by atoms with Crippen LogP contribution in [0.3, 0.4) is 0 Å². The first kappa shape index (κ1) is 15.7. The van der Waals surface area contributed by atoms with Gasteiger partial charge < -0.3 is 14.6 Å². The molecule has 1 rings (SSSR count). The molecule has 1 aromatic carbocycles. The normalized spacial score (nSPS) is 10.7. The zero-order valence-corrected chi connectivity index (χ0v) is 11.7. The van der Waals surface area contributed by atoms with Gasteiger partial charge in [-0.2, -0.15) is 0 Å². The third kappa shape index (κ3) is 3.59. The van der Waals surface area contributed by atoms with Crippen LogP contribution in [0.4, 0.5) is 5.69 Å². The third-order valence-corrected chi connectivity index (χ3v) is 2.23. The van der Waals surface area contributed by atoms with Crippen molar-refractivity contribution >= 4 is 11.7 Å². The molecule has 0 fully saturated rings. The van der Waals surface area contributed by atoms with Crippen molar-refractivity contribution in [2.24, 2.45) is 0 Å². The fraction of sp³-hybridized carbons (Fsp3) is 0.462. The first-order chi connectivity index (χ1) is 9.23. The van der Waals surface area contributed by atoms with E-state index < -0.39 is 10.9 Å². The van der Waals surface area contributed by atoms with E-state index in [0.29, 0.717) is 0 Å². The number of nitro groups is 1. The number of hydrogen-bond donors (Lipinski definition) is 1. The maximum Gasteiger partial charge on any atom is 0.339 e. The first-order valence-electron chi connectivity index (χ1n) is 6.12. The predicted molar refractivity (Wildman–Crippen MR) is 71.6 cm³/mol. The summed E-state index contributed by atoms with van der Waals surface area (Å²) in [6.07, 6.45) is -0.697. The smallest absolute Gasteiger partial charge is 0.339 e. The molecule has 0 aliphatic rings. The lowest BCUT2D eigenvalue weighted by molar-refractivity contribution is -0.386. The molecule has 1 N–H and O–H groups in total. The third-order valence-electron chi connectivity index (χ3n) is 2.23. The summed E-state index contributed by atoms with van der Waals surface area (Å²) >= 11 is 0. The van der Waals surface area contributed by atoms with Crippen LogP contribution in [0, 0.1) is 10.1 Å². The van der Waals surface area contributed by atoms with Gasteiger partial charge in [-0.3, -0.25) is 10.1 Å². The highest BCUT2D eigenvalue weighted by Gasteiger charge is 2.28. The van der Waals surface area contributed by atoms with Gasteiger partial charge in [0.05, 0.1) is 17.1 Å². The van der Waals surface area contributed by atoms with Crippen LogP contribution in [-0.4, -0.2) is 28.2 Å². The average molecular weight is 283 g/mol. The van der Waals surface area contributed by atoms with Crippen LogP contribution in [-0.2, 0) is 0 Å². The largest absolute Gasteiger partial charge is 0.486 e. The van der Waals surface area contributed by atoms with Gasteiger partial charge in [-0.15, -0.1) is 0 Å². The number of nitrogens with zero attached hydrogens (tertiary/aromatic N) is 1. The highest BCUT2D eigenvalue weighted by molar-refractivity contribution is 5.93. The Morgan fingerprint density at radius 2 is 1.65 bits per heavy atom. The second kappa shape index (κ2) is 6.23. The summed E-state index contributed by atoms with van der Waals surface area (Å²) < 4.78 is 10.8. The van der Waals surface area contributed by atoms with Crippen LogP contribution < -0.4 is 9.47 Å². The predicted octanol–water partition coefficient (Wildman–Crippen LogP) is 2.87. The molecule has 7 nitrogen and oxygen atoms in total. The fourth-order valence-electron chi connectivity index (χ4n) is 1.57. The summed E-state index contributed by atoms with van der Waals surface area (Å²) in [7, 11) is 0. The summed E-state index contributed by atoms with van der Waals surface area (Å²) in [5, 5.41) is 20.2. The summed E-state index contributed by atoms with van der Waals surface area (Å²) in [4.78, 5) is 21.6. The van der Waals surface area contributed by atoms with Crippen LogP contribution in [0.15, 0.2) is 12.1 Å². The summed E-state index contributed by atoms with van der Waals surface area (Å²) in [6, 6.07) is 2.25. The van der Waals surface area contributed by atoms with Crippen LogP contribution in [0.25, 0.3) is 0 Å². The van der Waals surface area contributed by atoms with E-state index in [1.165, 1.54) is 0 Å².